The summed E-state index contributed by atoms with van der Waals surface area (Å²) in [5.74, 6) is -0.208. The van der Waals surface area contributed by atoms with Gasteiger partial charge in [0.1, 0.15) is 10.5 Å². The highest BCUT2D eigenvalue weighted by molar-refractivity contribution is 7.91. The maximum absolute atomic E-state index is 13.5. The first-order valence-electron chi connectivity index (χ1n) is 14.2. The third-order valence-corrected chi connectivity index (χ3v) is 11.6. The lowest BCUT2D eigenvalue weighted by molar-refractivity contribution is -0.127. The number of amides is 1. The number of hydrogen-bond donors (Lipinski definition) is 1. The van der Waals surface area contributed by atoms with Crippen LogP contribution in [0.4, 0.5) is 5.69 Å². The third kappa shape index (κ3) is 5.76. The zero-order valence-corrected chi connectivity index (χ0v) is 25.4. The van der Waals surface area contributed by atoms with Crippen LogP contribution in [0, 0.1) is 28.6 Å². The number of nitrogens with one attached hydrogen (secondary N) is 1. The Morgan fingerprint density at radius 3 is 2.45 bits per heavy atom. The fourth-order valence-corrected chi connectivity index (χ4v) is 8.54. The van der Waals surface area contributed by atoms with Gasteiger partial charge in [0, 0.05) is 41.2 Å². The summed E-state index contributed by atoms with van der Waals surface area (Å²) in [5.41, 5.74) is 3.16. The Bertz CT molecular complexity index is 1700. The van der Waals surface area contributed by atoms with Crippen LogP contribution in [0.2, 0.25) is 5.02 Å². The Morgan fingerprint density at radius 2 is 1.79 bits per heavy atom. The van der Waals surface area contributed by atoms with E-state index in [1.807, 2.05) is 30.3 Å². The second kappa shape index (κ2) is 11.3. The van der Waals surface area contributed by atoms with Gasteiger partial charge in [0.15, 0.2) is 9.84 Å². The molecule has 0 radical (unpaired) electrons. The van der Waals surface area contributed by atoms with Crippen LogP contribution in [0.1, 0.15) is 55.7 Å². The van der Waals surface area contributed by atoms with E-state index in [4.69, 9.17) is 16.6 Å². The van der Waals surface area contributed by atoms with Crippen LogP contribution in [-0.4, -0.2) is 49.4 Å². The molecule has 1 N–H and O–H groups in total. The van der Waals surface area contributed by atoms with Crippen molar-refractivity contribution in [2.24, 2.45) is 5.92 Å². The molecule has 11 heteroatoms. The number of nitrogens with zero attached hydrogens (tertiary/aromatic N) is 4. The molecule has 2 atom stereocenters. The maximum Gasteiger partial charge on any atom is 0.225 e. The predicted octanol–water partition coefficient (Wildman–Crippen LogP) is 5.68. The van der Waals surface area contributed by atoms with Gasteiger partial charge >= 0.3 is 0 Å². The molecule has 2 aromatic carbocycles. The number of hydrogen-bond acceptors (Lipinski definition) is 8. The van der Waals surface area contributed by atoms with Crippen LogP contribution in [0.15, 0.2) is 42.5 Å². The molecule has 8 nitrogen and oxygen atoms in total. The van der Waals surface area contributed by atoms with Gasteiger partial charge in [-0.25, -0.2) is 13.4 Å². The van der Waals surface area contributed by atoms with Crippen molar-refractivity contribution < 1.29 is 13.2 Å². The second-order valence-corrected chi connectivity index (χ2v) is 15.1. The summed E-state index contributed by atoms with van der Waals surface area (Å²) >= 11 is 7.68. The Kier molecular flexibility index (Phi) is 7.74. The Hall–Kier alpha value is -3.44. The molecule has 3 aliphatic rings. The summed E-state index contributed by atoms with van der Waals surface area (Å²) in [6.45, 7) is 0.933. The molecule has 3 fully saturated rings. The molecule has 1 saturated heterocycles. The first-order chi connectivity index (χ1) is 20.2. The number of anilines is 1. The molecule has 2 unspecified atom stereocenters. The van der Waals surface area contributed by atoms with Gasteiger partial charge in [0.2, 0.25) is 5.91 Å². The molecule has 216 valence electrons. The monoisotopic (exact) mass is 619 g/mol. The van der Waals surface area contributed by atoms with Crippen molar-refractivity contribution in [1.29, 1.82) is 10.5 Å². The van der Waals surface area contributed by atoms with E-state index in [0.29, 0.717) is 47.1 Å². The number of aromatic nitrogens is 1. The van der Waals surface area contributed by atoms with Crippen LogP contribution in [0.5, 0.6) is 0 Å². The molecule has 1 aliphatic heterocycles. The summed E-state index contributed by atoms with van der Waals surface area (Å²) in [5, 5.41) is 23.6. The van der Waals surface area contributed by atoms with E-state index in [1.54, 1.807) is 12.1 Å². The van der Waals surface area contributed by atoms with Gasteiger partial charge in [-0.15, -0.1) is 11.3 Å². The van der Waals surface area contributed by atoms with Gasteiger partial charge in [-0.1, -0.05) is 36.6 Å². The second-order valence-electron chi connectivity index (χ2n) is 11.4. The molecule has 2 aliphatic carbocycles. The fourth-order valence-electron chi connectivity index (χ4n) is 5.99. The minimum Gasteiger partial charge on any atom is -0.369 e. The van der Waals surface area contributed by atoms with Crippen LogP contribution in [0.3, 0.4) is 0 Å². The first-order valence-corrected chi connectivity index (χ1v) is 17.2. The number of halogens is 1. The smallest absolute Gasteiger partial charge is 0.225 e. The number of carbonyl (C=O) groups is 1. The van der Waals surface area contributed by atoms with E-state index in [9.17, 15) is 23.7 Å². The van der Waals surface area contributed by atoms with Crippen LogP contribution in [0.25, 0.3) is 21.0 Å². The minimum atomic E-state index is -2.98. The number of rotatable bonds is 6. The molecule has 42 heavy (non-hydrogen) atoms. The average Bonchev–Trinajstić information content (AvgIpc) is 3.64. The number of sulfone groups is 1. The quantitative estimate of drug-likeness (QED) is 0.376. The van der Waals surface area contributed by atoms with Crippen molar-refractivity contribution in [2.75, 3.05) is 29.5 Å². The van der Waals surface area contributed by atoms with E-state index in [2.05, 4.69) is 22.4 Å². The molecule has 1 aromatic heterocycles. The highest BCUT2D eigenvalue weighted by Crippen LogP contribution is 2.47. The lowest BCUT2D eigenvalue weighted by Crippen LogP contribution is -2.42. The van der Waals surface area contributed by atoms with Gasteiger partial charge in [-0.05, 0) is 61.6 Å². The van der Waals surface area contributed by atoms with Crippen LogP contribution >= 0.6 is 22.9 Å². The van der Waals surface area contributed by atoms with E-state index in [-0.39, 0.29) is 29.2 Å². The van der Waals surface area contributed by atoms with Gasteiger partial charge in [0.25, 0.3) is 0 Å². The summed E-state index contributed by atoms with van der Waals surface area (Å²) in [6, 6.07) is 17.8. The lowest BCUT2D eigenvalue weighted by atomic mass is 9.76. The SMILES string of the molecule is N#Cc1cc(Cl)ccc1-c1nc(C2CCCCC2C(=O)NC2(C#N)CC2)c(-c2ccc(N3CCS(=O)(=O)CC3)cc2)s1. The molecule has 3 aromatic rings. The fraction of sp³-hybridized carbons (Fsp3) is 0.419. The predicted molar refractivity (Wildman–Crippen MR) is 164 cm³/mol. The van der Waals surface area contributed by atoms with E-state index in [0.717, 1.165) is 47.5 Å². The number of thiazole rings is 1. The molecule has 2 heterocycles. The summed E-state index contributed by atoms with van der Waals surface area (Å²) in [6.07, 6.45) is 4.82. The largest absolute Gasteiger partial charge is 0.369 e. The topological polar surface area (TPSA) is 127 Å². The Labute approximate surface area is 254 Å². The molecular formula is C31H30ClN5O3S2. The molecule has 0 spiro atoms. The normalized spacial score (nSPS) is 22.5. The average molecular weight is 620 g/mol. The zero-order valence-electron chi connectivity index (χ0n) is 23.0. The summed E-state index contributed by atoms with van der Waals surface area (Å²) < 4.78 is 23.8. The summed E-state index contributed by atoms with van der Waals surface area (Å²) in [4.78, 5) is 21.7. The molecule has 1 amide bonds. The number of nitriles is 2. The first kappa shape index (κ1) is 28.7. The van der Waals surface area contributed by atoms with Crippen LogP contribution in [-0.2, 0) is 14.6 Å². The molecule has 2 saturated carbocycles. The van der Waals surface area contributed by atoms with E-state index < -0.39 is 15.4 Å². The minimum absolute atomic E-state index is 0.0844. The van der Waals surface area contributed by atoms with E-state index in [1.165, 1.54) is 11.3 Å². The molecular weight excluding hydrogens is 590 g/mol. The van der Waals surface area contributed by atoms with Gasteiger partial charge in [0.05, 0.1) is 39.8 Å². The maximum atomic E-state index is 13.5. The highest BCUT2D eigenvalue weighted by atomic mass is 35.5. The highest BCUT2D eigenvalue weighted by Gasteiger charge is 2.47. The van der Waals surface area contributed by atoms with Gasteiger partial charge in [-0.2, -0.15) is 10.5 Å². The van der Waals surface area contributed by atoms with Gasteiger partial charge in [-0.3, -0.25) is 4.79 Å². The molecule has 0 bridgehead atoms. The lowest BCUT2D eigenvalue weighted by Gasteiger charge is -2.31. The van der Waals surface area contributed by atoms with Gasteiger partial charge < -0.3 is 10.2 Å². The Balaban J connectivity index is 1.38. The standard InChI is InChI=1S/C31H30ClN5O3S2/c32-22-7-10-24(21(17-22)18-33)30-35-27(25-3-1-2-4-26(25)29(38)36-31(19-34)11-12-31)28(41-30)20-5-8-23(9-6-20)37-13-15-42(39,40)16-14-37/h5-10,17,25-26H,1-4,11-16H2,(H,36,38). The van der Waals surface area contributed by atoms with Crippen molar-refractivity contribution in [3.05, 3.63) is 58.7 Å². The molecule has 6 rings (SSSR count). The summed E-state index contributed by atoms with van der Waals surface area (Å²) in [7, 11) is -2.98. The third-order valence-electron chi connectivity index (χ3n) is 8.61. The van der Waals surface area contributed by atoms with E-state index >= 15 is 0 Å². The van der Waals surface area contributed by atoms with Crippen molar-refractivity contribution >= 4 is 44.4 Å². The van der Waals surface area contributed by atoms with Crippen molar-refractivity contribution in [2.45, 2.75) is 50.0 Å². The van der Waals surface area contributed by atoms with Crippen LogP contribution < -0.4 is 10.2 Å². The number of carbonyl (C=O) groups excluding carboxylic acids is 1. The zero-order chi connectivity index (χ0) is 29.5. The van der Waals surface area contributed by atoms with Crippen molar-refractivity contribution in [3.63, 3.8) is 0 Å². The van der Waals surface area contributed by atoms with Crippen molar-refractivity contribution in [3.8, 4) is 33.2 Å². The Morgan fingerprint density at radius 1 is 1.07 bits per heavy atom. The van der Waals surface area contributed by atoms with Crippen molar-refractivity contribution in [1.82, 2.24) is 10.3 Å². The number of benzene rings is 2.